The van der Waals surface area contributed by atoms with E-state index in [-0.39, 0.29) is 23.8 Å². The molecule has 0 unspecified atom stereocenters. The molecule has 0 aliphatic carbocycles. The molecule has 2 aromatic carbocycles. The van der Waals surface area contributed by atoms with Gasteiger partial charge < -0.3 is 15.3 Å². The van der Waals surface area contributed by atoms with E-state index in [1.807, 2.05) is 26.0 Å². The van der Waals surface area contributed by atoms with Gasteiger partial charge in [0.25, 0.3) is 11.8 Å². The lowest BCUT2D eigenvalue weighted by Crippen LogP contribution is -2.30. The van der Waals surface area contributed by atoms with Crippen molar-refractivity contribution >= 4 is 23.2 Å². The summed E-state index contributed by atoms with van der Waals surface area (Å²) < 4.78 is 13.1. The lowest BCUT2D eigenvalue weighted by Gasteiger charge is -2.16. The number of carbonyl (C=O) groups is 2. The summed E-state index contributed by atoms with van der Waals surface area (Å²) in [6, 6.07) is 12.6. The van der Waals surface area contributed by atoms with Gasteiger partial charge in [-0.05, 0) is 41.8 Å². The van der Waals surface area contributed by atoms with Gasteiger partial charge >= 0.3 is 0 Å². The van der Waals surface area contributed by atoms with E-state index >= 15 is 0 Å². The first-order chi connectivity index (χ1) is 12.4. The van der Waals surface area contributed by atoms with E-state index in [1.165, 1.54) is 29.2 Å². The van der Waals surface area contributed by atoms with E-state index in [0.29, 0.717) is 11.4 Å². The van der Waals surface area contributed by atoms with Crippen molar-refractivity contribution in [3.05, 3.63) is 71.2 Å². The maximum Gasteiger partial charge on any atom is 0.267 e. The molecule has 2 amide bonds. The third-order valence-electron chi connectivity index (χ3n) is 4.25. The second-order valence-corrected chi connectivity index (χ2v) is 6.39. The van der Waals surface area contributed by atoms with Gasteiger partial charge in [0.2, 0.25) is 0 Å². The van der Waals surface area contributed by atoms with Crippen LogP contribution in [0.1, 0.15) is 25.3 Å². The van der Waals surface area contributed by atoms with Crippen molar-refractivity contribution < 1.29 is 19.1 Å². The molecular weight excluding hydrogens is 335 g/mol. The first kappa shape index (κ1) is 17.7. The minimum atomic E-state index is -0.662. The molecule has 0 atom stereocenters. The van der Waals surface area contributed by atoms with Gasteiger partial charge in [0, 0.05) is 11.4 Å². The van der Waals surface area contributed by atoms with Gasteiger partial charge in [0.05, 0.1) is 6.54 Å². The van der Waals surface area contributed by atoms with Crippen LogP contribution in [0, 0.1) is 5.82 Å². The topological polar surface area (TPSA) is 69.6 Å². The maximum atomic E-state index is 13.1. The van der Waals surface area contributed by atoms with Crippen molar-refractivity contribution in [3.63, 3.8) is 0 Å². The average molecular weight is 354 g/mol. The number of anilines is 2. The zero-order valence-electron chi connectivity index (χ0n) is 14.5. The Morgan fingerprint density at radius 3 is 2.46 bits per heavy atom. The number of nitrogens with zero attached hydrogens (tertiary/aromatic N) is 1. The fourth-order valence-electron chi connectivity index (χ4n) is 2.92. The first-order valence-corrected chi connectivity index (χ1v) is 8.28. The zero-order valence-corrected chi connectivity index (χ0v) is 14.5. The Morgan fingerprint density at radius 2 is 1.81 bits per heavy atom. The summed E-state index contributed by atoms with van der Waals surface area (Å²) in [5, 5.41) is 12.9. The van der Waals surface area contributed by atoms with Crippen LogP contribution < -0.4 is 10.2 Å². The largest absolute Gasteiger partial charge is 0.509 e. The van der Waals surface area contributed by atoms with E-state index in [4.69, 9.17) is 0 Å². The van der Waals surface area contributed by atoms with Crippen LogP contribution in [0.15, 0.2) is 59.9 Å². The van der Waals surface area contributed by atoms with Gasteiger partial charge in [-0.2, -0.15) is 0 Å². The minimum Gasteiger partial charge on any atom is -0.509 e. The predicted molar refractivity (Wildman–Crippen MR) is 97.6 cm³/mol. The van der Waals surface area contributed by atoms with Gasteiger partial charge in [-0.25, -0.2) is 4.39 Å². The summed E-state index contributed by atoms with van der Waals surface area (Å²) in [7, 11) is 0. The van der Waals surface area contributed by atoms with Gasteiger partial charge in [0.1, 0.15) is 17.1 Å². The molecule has 3 rings (SSSR count). The normalized spacial score (nSPS) is 14.3. The van der Waals surface area contributed by atoms with Crippen molar-refractivity contribution in [2.75, 3.05) is 16.8 Å². The number of halogens is 1. The summed E-state index contributed by atoms with van der Waals surface area (Å²) in [5.41, 5.74) is 1.64. The lowest BCUT2D eigenvalue weighted by atomic mass is 10.0. The van der Waals surface area contributed by atoms with E-state index in [9.17, 15) is 19.1 Å². The van der Waals surface area contributed by atoms with Gasteiger partial charge in [-0.1, -0.05) is 32.0 Å². The quantitative estimate of drug-likeness (QED) is 0.822. The van der Waals surface area contributed by atoms with Crippen molar-refractivity contribution in [2.24, 2.45) is 0 Å². The Kier molecular flexibility index (Phi) is 4.75. The molecule has 0 aromatic heterocycles. The molecule has 5 nitrogen and oxygen atoms in total. The van der Waals surface area contributed by atoms with Crippen LogP contribution in [0.2, 0.25) is 0 Å². The van der Waals surface area contributed by atoms with Crippen LogP contribution >= 0.6 is 0 Å². The molecule has 0 spiro atoms. The fourth-order valence-corrected chi connectivity index (χ4v) is 2.92. The number of para-hydroxylation sites is 1. The molecule has 0 saturated carbocycles. The summed E-state index contributed by atoms with van der Waals surface area (Å²) >= 11 is 0. The van der Waals surface area contributed by atoms with E-state index < -0.39 is 17.6 Å². The number of hydrogen-bond donors (Lipinski definition) is 2. The number of carbonyl (C=O) groups excluding carboxylic acids is 2. The summed E-state index contributed by atoms with van der Waals surface area (Å²) in [6.45, 7) is 3.87. The number of aliphatic hydroxyl groups excluding tert-OH is 1. The molecule has 1 aliphatic rings. The average Bonchev–Trinajstić information content (AvgIpc) is 2.90. The van der Waals surface area contributed by atoms with Crippen LogP contribution in [-0.2, 0) is 9.59 Å². The van der Waals surface area contributed by atoms with Crippen LogP contribution in [0.4, 0.5) is 15.8 Å². The number of hydrogen-bond acceptors (Lipinski definition) is 3. The third kappa shape index (κ3) is 3.31. The van der Waals surface area contributed by atoms with Crippen molar-refractivity contribution in [3.8, 4) is 0 Å². The molecule has 0 fully saturated rings. The van der Waals surface area contributed by atoms with Crippen molar-refractivity contribution in [1.82, 2.24) is 0 Å². The second kappa shape index (κ2) is 7.00. The molecule has 0 bridgehead atoms. The Hall–Kier alpha value is -3.15. The smallest absolute Gasteiger partial charge is 0.267 e. The summed E-state index contributed by atoms with van der Waals surface area (Å²) in [4.78, 5) is 26.4. The molecule has 6 heteroatoms. The Labute approximate surface area is 150 Å². The Bertz CT molecular complexity index is 888. The minimum absolute atomic E-state index is 0.126. The monoisotopic (exact) mass is 354 g/mol. The summed E-state index contributed by atoms with van der Waals surface area (Å²) in [5.74, 6) is -1.83. The molecule has 2 N–H and O–H groups in total. The highest BCUT2D eigenvalue weighted by Gasteiger charge is 2.36. The van der Waals surface area contributed by atoms with E-state index in [1.54, 1.807) is 12.1 Å². The zero-order chi connectivity index (χ0) is 18.8. The van der Waals surface area contributed by atoms with Gasteiger partial charge in [-0.3, -0.25) is 9.59 Å². The first-order valence-electron chi connectivity index (χ1n) is 8.28. The summed E-state index contributed by atoms with van der Waals surface area (Å²) in [6.07, 6.45) is 0. The lowest BCUT2D eigenvalue weighted by molar-refractivity contribution is -0.119. The SMILES string of the molecule is CC(C)c1ccccc1NC(=O)C1=C(O)CN(c2ccc(F)cc2)C1=O. The van der Waals surface area contributed by atoms with Crippen LogP contribution in [0.3, 0.4) is 0 Å². The Balaban J connectivity index is 1.83. The van der Waals surface area contributed by atoms with E-state index in [2.05, 4.69) is 5.32 Å². The van der Waals surface area contributed by atoms with Crippen molar-refractivity contribution in [1.29, 1.82) is 0 Å². The van der Waals surface area contributed by atoms with Crippen LogP contribution in [0.25, 0.3) is 0 Å². The standard InChI is InChI=1S/C20H19FN2O3/c1-12(2)15-5-3-4-6-16(15)22-19(25)18-17(24)11-23(20(18)26)14-9-7-13(21)8-10-14/h3-10,12,24H,11H2,1-2H3,(H,22,25). The molecule has 26 heavy (non-hydrogen) atoms. The van der Waals surface area contributed by atoms with Gasteiger partial charge in [-0.15, -0.1) is 0 Å². The second-order valence-electron chi connectivity index (χ2n) is 6.39. The molecule has 0 saturated heterocycles. The van der Waals surface area contributed by atoms with E-state index in [0.717, 1.165) is 5.56 Å². The predicted octanol–water partition coefficient (Wildman–Crippen LogP) is 3.75. The van der Waals surface area contributed by atoms with Crippen LogP contribution in [0.5, 0.6) is 0 Å². The highest BCUT2D eigenvalue weighted by Crippen LogP contribution is 2.28. The number of amides is 2. The number of nitrogens with one attached hydrogen (secondary N) is 1. The van der Waals surface area contributed by atoms with Crippen LogP contribution in [-0.4, -0.2) is 23.5 Å². The molecule has 134 valence electrons. The highest BCUT2D eigenvalue weighted by atomic mass is 19.1. The fraction of sp³-hybridized carbons (Fsp3) is 0.200. The maximum absolute atomic E-state index is 13.1. The number of aliphatic hydroxyl groups is 1. The molecule has 2 aromatic rings. The Morgan fingerprint density at radius 1 is 1.15 bits per heavy atom. The highest BCUT2D eigenvalue weighted by molar-refractivity contribution is 6.29. The number of rotatable bonds is 4. The third-order valence-corrected chi connectivity index (χ3v) is 4.25. The molecular formula is C20H19FN2O3. The molecule has 0 radical (unpaired) electrons. The molecule has 1 heterocycles. The van der Waals surface area contributed by atoms with Gasteiger partial charge in [0.15, 0.2) is 0 Å². The number of benzene rings is 2. The molecule has 1 aliphatic heterocycles. The van der Waals surface area contributed by atoms with Crippen molar-refractivity contribution in [2.45, 2.75) is 19.8 Å².